The molecule has 1 amide bonds. The van der Waals surface area contributed by atoms with E-state index in [9.17, 15) is 32.8 Å². The molecule has 1 aromatic heterocycles. The van der Waals surface area contributed by atoms with Gasteiger partial charge in [0.15, 0.2) is 4.90 Å². The number of hydrogen-bond donors (Lipinski definition) is 2. The summed E-state index contributed by atoms with van der Waals surface area (Å²) in [7, 11) is -4.56. The van der Waals surface area contributed by atoms with Crippen LogP contribution in [0.3, 0.4) is 0 Å². The van der Waals surface area contributed by atoms with Crippen molar-refractivity contribution in [3.63, 3.8) is 0 Å². The van der Waals surface area contributed by atoms with E-state index in [2.05, 4.69) is 11.1 Å². The summed E-state index contributed by atoms with van der Waals surface area (Å²) in [5.41, 5.74) is 6.88. The van der Waals surface area contributed by atoms with E-state index >= 15 is 0 Å². The fourth-order valence-corrected chi connectivity index (χ4v) is 6.87. The van der Waals surface area contributed by atoms with Crippen molar-refractivity contribution >= 4 is 15.7 Å². The predicted molar refractivity (Wildman–Crippen MR) is 161 cm³/mol. The van der Waals surface area contributed by atoms with Crippen LogP contribution in [0.4, 0.5) is 4.39 Å². The second-order valence-electron chi connectivity index (χ2n) is 11.0. The molecule has 11 heteroatoms. The maximum absolute atomic E-state index is 14.2. The molecule has 1 aliphatic rings. The third kappa shape index (κ3) is 6.12. The average Bonchev–Trinajstić information content (AvgIpc) is 3.83. The Hall–Kier alpha value is -4.82. The summed E-state index contributed by atoms with van der Waals surface area (Å²) in [6, 6.07) is 17.8. The summed E-state index contributed by atoms with van der Waals surface area (Å²) in [6.45, 7) is 1.97. The van der Waals surface area contributed by atoms with Gasteiger partial charge in [-0.1, -0.05) is 43.7 Å². The Morgan fingerprint density at radius 1 is 1.16 bits per heavy atom. The number of primary amides is 1. The smallest absolute Gasteiger partial charge is 0.277 e. The van der Waals surface area contributed by atoms with Crippen molar-refractivity contribution in [3.8, 4) is 23.1 Å². The van der Waals surface area contributed by atoms with Gasteiger partial charge in [0.2, 0.25) is 21.6 Å². The number of sulfone groups is 1. The number of nitriles is 1. The molecule has 1 fully saturated rings. The Kier molecular flexibility index (Phi) is 8.65. The molecular weight excluding hydrogens is 583 g/mol. The molecule has 4 aromatic rings. The summed E-state index contributed by atoms with van der Waals surface area (Å²) >= 11 is 0. The van der Waals surface area contributed by atoms with Crippen LogP contribution in [0.15, 0.2) is 81.3 Å². The average molecular weight is 615 g/mol. The van der Waals surface area contributed by atoms with Crippen LogP contribution in [0.5, 0.6) is 5.88 Å². The SMILES string of the molecule is CCCCc1nc(O)c(S(=O)(=O)c2ccc(-c3ccc(F)cc3CC(N)=O)cc2)c(=O)n1[C@H](c1cccc(C#N)c1)C1CC1. The normalized spacial score (nSPS) is 13.8. The Labute approximate surface area is 254 Å². The van der Waals surface area contributed by atoms with Crippen LogP contribution >= 0.6 is 0 Å². The van der Waals surface area contributed by atoms with Crippen LogP contribution in [0, 0.1) is 23.1 Å². The number of nitrogens with zero attached hydrogens (tertiary/aromatic N) is 3. The van der Waals surface area contributed by atoms with Gasteiger partial charge in [0, 0.05) is 6.42 Å². The zero-order valence-corrected chi connectivity index (χ0v) is 24.9. The molecule has 0 bridgehead atoms. The molecule has 226 valence electrons. The fourth-order valence-electron chi connectivity index (χ4n) is 5.53. The number of carbonyl (C=O) groups is 1. The van der Waals surface area contributed by atoms with E-state index in [4.69, 9.17) is 5.73 Å². The summed E-state index contributed by atoms with van der Waals surface area (Å²) in [6.07, 6.45) is 3.21. The first kappa shape index (κ1) is 30.6. The highest BCUT2D eigenvalue weighted by molar-refractivity contribution is 7.91. The second kappa shape index (κ2) is 12.4. The third-order valence-electron chi connectivity index (χ3n) is 7.76. The summed E-state index contributed by atoms with van der Waals surface area (Å²) < 4.78 is 43.1. The van der Waals surface area contributed by atoms with E-state index in [1.54, 1.807) is 18.2 Å². The molecule has 9 nitrogen and oxygen atoms in total. The first-order chi connectivity index (χ1) is 21.0. The van der Waals surface area contributed by atoms with Gasteiger partial charge in [0.1, 0.15) is 11.6 Å². The van der Waals surface area contributed by atoms with E-state index in [0.717, 1.165) is 19.3 Å². The minimum absolute atomic E-state index is 0.0357. The molecule has 44 heavy (non-hydrogen) atoms. The van der Waals surface area contributed by atoms with Gasteiger partial charge >= 0.3 is 0 Å². The lowest BCUT2D eigenvalue weighted by molar-refractivity contribution is -0.117. The molecule has 0 aliphatic heterocycles. The van der Waals surface area contributed by atoms with Gasteiger partial charge < -0.3 is 10.8 Å². The first-order valence-corrected chi connectivity index (χ1v) is 15.8. The van der Waals surface area contributed by atoms with Crippen LogP contribution < -0.4 is 11.3 Å². The quantitative estimate of drug-likeness (QED) is 0.245. The molecule has 1 aliphatic carbocycles. The minimum Gasteiger partial charge on any atom is -0.492 e. The lowest BCUT2D eigenvalue weighted by Gasteiger charge is -2.24. The molecule has 5 rings (SSSR count). The molecule has 3 N–H and O–H groups in total. The van der Waals surface area contributed by atoms with Crippen molar-refractivity contribution in [1.29, 1.82) is 5.26 Å². The van der Waals surface area contributed by atoms with Crippen LogP contribution in [-0.4, -0.2) is 29.0 Å². The molecule has 0 spiro atoms. The highest BCUT2D eigenvalue weighted by atomic mass is 32.2. The fraction of sp³-hybridized carbons (Fsp3) is 0.273. The third-order valence-corrected chi connectivity index (χ3v) is 9.55. The van der Waals surface area contributed by atoms with Crippen LogP contribution in [-0.2, 0) is 27.5 Å². The van der Waals surface area contributed by atoms with Gasteiger partial charge in [-0.3, -0.25) is 14.2 Å². The van der Waals surface area contributed by atoms with Crippen LogP contribution in [0.1, 0.15) is 61.2 Å². The highest BCUT2D eigenvalue weighted by Gasteiger charge is 2.38. The highest BCUT2D eigenvalue weighted by Crippen LogP contribution is 2.44. The lowest BCUT2D eigenvalue weighted by Crippen LogP contribution is -2.34. The Bertz CT molecular complexity index is 1940. The molecule has 0 saturated heterocycles. The summed E-state index contributed by atoms with van der Waals surface area (Å²) in [4.78, 5) is 28.9. The van der Waals surface area contributed by atoms with E-state index < -0.39 is 43.9 Å². The van der Waals surface area contributed by atoms with Gasteiger partial charge in [-0.2, -0.15) is 10.2 Å². The van der Waals surface area contributed by atoms with Crippen LogP contribution in [0.2, 0.25) is 0 Å². The Morgan fingerprint density at radius 2 is 1.89 bits per heavy atom. The van der Waals surface area contributed by atoms with Crippen molar-refractivity contribution in [3.05, 3.63) is 105 Å². The number of amides is 1. The number of hydrogen-bond acceptors (Lipinski definition) is 7. The van der Waals surface area contributed by atoms with Crippen LogP contribution in [0.25, 0.3) is 11.1 Å². The number of benzene rings is 3. The van der Waals surface area contributed by atoms with E-state index in [0.29, 0.717) is 40.7 Å². The number of carbonyl (C=O) groups excluding carboxylic acids is 1. The minimum atomic E-state index is -4.56. The molecule has 3 aromatic carbocycles. The van der Waals surface area contributed by atoms with Crippen molar-refractivity contribution in [1.82, 2.24) is 9.55 Å². The zero-order chi connectivity index (χ0) is 31.6. The summed E-state index contributed by atoms with van der Waals surface area (Å²) in [5, 5.41) is 20.4. The largest absolute Gasteiger partial charge is 0.492 e. The predicted octanol–water partition coefficient (Wildman–Crippen LogP) is 4.83. The molecule has 1 atom stereocenters. The number of unbranched alkanes of at least 4 members (excludes halogenated alkanes) is 1. The first-order valence-electron chi connectivity index (χ1n) is 14.3. The van der Waals surface area contributed by atoms with Crippen molar-refractivity contribution in [2.75, 3.05) is 0 Å². The molecular formula is C33H31FN4O5S. The molecule has 0 radical (unpaired) electrons. The second-order valence-corrected chi connectivity index (χ2v) is 12.8. The maximum Gasteiger partial charge on any atom is 0.277 e. The number of nitrogens with two attached hydrogens (primary N) is 1. The topological polar surface area (TPSA) is 156 Å². The monoisotopic (exact) mass is 614 g/mol. The lowest BCUT2D eigenvalue weighted by atomic mass is 9.97. The number of rotatable bonds is 11. The number of aromatic nitrogens is 2. The van der Waals surface area contributed by atoms with Crippen molar-refractivity contribution in [2.45, 2.75) is 61.3 Å². The van der Waals surface area contributed by atoms with E-state index in [-0.39, 0.29) is 23.1 Å². The van der Waals surface area contributed by atoms with E-state index in [1.807, 2.05) is 13.0 Å². The van der Waals surface area contributed by atoms with Gasteiger partial charge in [-0.15, -0.1) is 0 Å². The summed E-state index contributed by atoms with van der Waals surface area (Å²) in [5.74, 6) is -1.75. The molecule has 1 heterocycles. The maximum atomic E-state index is 14.2. The van der Waals surface area contributed by atoms with Gasteiger partial charge in [0.25, 0.3) is 5.56 Å². The number of aromatic hydroxyl groups is 1. The van der Waals surface area contributed by atoms with E-state index in [1.165, 1.54) is 47.0 Å². The van der Waals surface area contributed by atoms with Crippen molar-refractivity contribution < 1.29 is 22.7 Å². The van der Waals surface area contributed by atoms with Gasteiger partial charge in [-0.05, 0) is 83.8 Å². The zero-order valence-electron chi connectivity index (χ0n) is 24.0. The van der Waals surface area contributed by atoms with Crippen molar-refractivity contribution in [2.24, 2.45) is 11.7 Å². The Morgan fingerprint density at radius 3 is 2.52 bits per heavy atom. The van der Waals surface area contributed by atoms with Gasteiger partial charge in [0.05, 0.1) is 29.0 Å². The number of halogens is 1. The molecule has 1 saturated carbocycles. The molecule has 0 unspecified atom stereocenters. The number of aryl methyl sites for hydroxylation is 1. The van der Waals surface area contributed by atoms with Gasteiger partial charge in [-0.25, -0.2) is 12.8 Å². The standard InChI is InChI=1S/C33H31FN4O5S/c1-2-3-7-29-37-32(40)31(33(41)38(29)30(22-8-9-22)23-6-4-5-20(16-23)19-35)44(42,43)26-13-10-21(11-14-26)27-15-12-25(34)17-24(27)18-28(36)39/h4-6,10-17,22,30,40H,2-3,7-9,18H2,1H3,(H2,36,39)/t30-/m0/s1. The Balaban J connectivity index is 1.63.